The second kappa shape index (κ2) is 6.50. The molecule has 0 fully saturated rings. The fourth-order valence-corrected chi connectivity index (χ4v) is 3.10. The minimum atomic E-state index is -0.983. The molecule has 2 aromatic carbocycles. The highest BCUT2D eigenvalue weighted by Gasteiger charge is 2.13. The van der Waals surface area contributed by atoms with Gasteiger partial charge in [0.25, 0.3) is 0 Å². The predicted octanol–water partition coefficient (Wildman–Crippen LogP) is 4.35. The van der Waals surface area contributed by atoms with Crippen molar-refractivity contribution < 1.29 is 19.4 Å². The summed E-state index contributed by atoms with van der Waals surface area (Å²) in [6.45, 7) is 0.174. The van der Waals surface area contributed by atoms with E-state index in [0.29, 0.717) is 10.4 Å². The summed E-state index contributed by atoms with van der Waals surface area (Å²) < 4.78 is 5.88. The number of carbonyl (C=O) groups is 2. The number of hydrogen-bond donors (Lipinski definition) is 2. The molecule has 0 aliphatic heterocycles. The minimum Gasteiger partial charge on any atom is -0.477 e. The van der Waals surface area contributed by atoms with Gasteiger partial charge in [-0.1, -0.05) is 42.5 Å². The molecule has 6 heteroatoms. The zero-order chi connectivity index (χ0) is 16.2. The Morgan fingerprint density at radius 1 is 1.09 bits per heavy atom. The number of ether oxygens (including phenoxy) is 1. The van der Waals surface area contributed by atoms with Gasteiger partial charge >= 0.3 is 12.1 Å². The maximum absolute atomic E-state index is 11.9. The van der Waals surface area contributed by atoms with E-state index in [1.807, 2.05) is 30.3 Å². The van der Waals surface area contributed by atoms with Crippen molar-refractivity contribution in [2.75, 3.05) is 5.32 Å². The number of anilines is 1. The van der Waals surface area contributed by atoms with Crippen LogP contribution in [0, 0.1) is 0 Å². The summed E-state index contributed by atoms with van der Waals surface area (Å²) in [5.74, 6) is -0.983. The Bertz CT molecular complexity index is 857. The highest BCUT2D eigenvalue weighted by Crippen LogP contribution is 2.32. The van der Waals surface area contributed by atoms with E-state index in [-0.39, 0.29) is 11.5 Å². The Morgan fingerprint density at radius 2 is 1.87 bits per heavy atom. The van der Waals surface area contributed by atoms with Crippen molar-refractivity contribution in [3.8, 4) is 0 Å². The SMILES string of the molecule is O=C(Nc1cccc2cc(C(=O)O)sc12)OCc1ccccc1. The fourth-order valence-electron chi connectivity index (χ4n) is 2.14. The highest BCUT2D eigenvalue weighted by atomic mass is 32.1. The number of carbonyl (C=O) groups excluding carboxylic acids is 1. The van der Waals surface area contributed by atoms with E-state index in [0.717, 1.165) is 22.3 Å². The first-order valence-electron chi connectivity index (χ1n) is 6.87. The molecular weight excluding hydrogens is 314 g/mol. The molecule has 1 heterocycles. The third-order valence-electron chi connectivity index (χ3n) is 3.20. The first-order valence-corrected chi connectivity index (χ1v) is 7.69. The van der Waals surface area contributed by atoms with Gasteiger partial charge in [-0.3, -0.25) is 5.32 Å². The number of aromatic carboxylic acids is 1. The number of thiophene rings is 1. The van der Waals surface area contributed by atoms with E-state index < -0.39 is 12.1 Å². The summed E-state index contributed by atoms with van der Waals surface area (Å²) in [5, 5.41) is 12.5. The monoisotopic (exact) mass is 327 g/mol. The van der Waals surface area contributed by atoms with Gasteiger partial charge in [0.1, 0.15) is 11.5 Å². The van der Waals surface area contributed by atoms with Crippen molar-refractivity contribution in [3.05, 3.63) is 65.0 Å². The van der Waals surface area contributed by atoms with Crippen LogP contribution in [-0.2, 0) is 11.3 Å². The molecule has 1 aromatic heterocycles. The number of carboxylic acid groups (broad SMARTS) is 1. The van der Waals surface area contributed by atoms with Crippen LogP contribution in [-0.4, -0.2) is 17.2 Å². The van der Waals surface area contributed by atoms with Crippen molar-refractivity contribution in [2.45, 2.75) is 6.61 Å². The number of hydrogen-bond acceptors (Lipinski definition) is 4. The third kappa shape index (κ3) is 3.49. The zero-order valence-corrected chi connectivity index (χ0v) is 12.8. The van der Waals surface area contributed by atoms with Crippen LogP contribution in [0.25, 0.3) is 10.1 Å². The molecule has 0 radical (unpaired) electrons. The van der Waals surface area contributed by atoms with Crippen molar-refractivity contribution in [3.63, 3.8) is 0 Å². The summed E-state index contributed by atoms with van der Waals surface area (Å²) in [4.78, 5) is 23.2. The second-order valence-electron chi connectivity index (χ2n) is 4.83. The van der Waals surface area contributed by atoms with E-state index in [2.05, 4.69) is 5.32 Å². The Morgan fingerprint density at radius 3 is 2.61 bits per heavy atom. The number of benzene rings is 2. The molecule has 3 rings (SSSR count). The van der Waals surface area contributed by atoms with Gasteiger partial charge in [-0.05, 0) is 23.1 Å². The van der Waals surface area contributed by atoms with Gasteiger partial charge in [0.05, 0.1) is 10.4 Å². The lowest BCUT2D eigenvalue weighted by Crippen LogP contribution is -2.13. The standard InChI is InChI=1S/C17H13NO4S/c19-16(20)14-9-12-7-4-8-13(15(12)23-14)18-17(21)22-10-11-5-2-1-3-6-11/h1-9H,10H2,(H,18,21)(H,19,20). The summed E-state index contributed by atoms with van der Waals surface area (Å²) in [6.07, 6.45) is -0.577. The van der Waals surface area contributed by atoms with Crippen LogP contribution in [0.4, 0.5) is 10.5 Å². The van der Waals surface area contributed by atoms with E-state index in [1.54, 1.807) is 24.3 Å². The number of nitrogens with one attached hydrogen (secondary N) is 1. The lowest BCUT2D eigenvalue weighted by Gasteiger charge is -2.07. The van der Waals surface area contributed by atoms with Gasteiger partial charge in [-0.15, -0.1) is 11.3 Å². The molecule has 0 saturated carbocycles. The lowest BCUT2D eigenvalue weighted by atomic mass is 10.2. The van der Waals surface area contributed by atoms with Gasteiger partial charge in [0.2, 0.25) is 0 Å². The summed E-state index contributed by atoms with van der Waals surface area (Å²) in [5.41, 5.74) is 1.43. The largest absolute Gasteiger partial charge is 0.477 e. The van der Waals surface area contributed by atoms with Gasteiger partial charge < -0.3 is 9.84 Å². The van der Waals surface area contributed by atoms with Gasteiger partial charge in [0, 0.05) is 0 Å². The molecule has 1 amide bonds. The first-order chi connectivity index (χ1) is 11.1. The molecule has 23 heavy (non-hydrogen) atoms. The molecule has 3 aromatic rings. The molecule has 0 aliphatic carbocycles. The fraction of sp³-hybridized carbons (Fsp3) is 0.0588. The van der Waals surface area contributed by atoms with Crippen molar-refractivity contribution in [2.24, 2.45) is 0 Å². The molecule has 5 nitrogen and oxygen atoms in total. The minimum absolute atomic E-state index is 0.174. The van der Waals surface area contributed by atoms with Gasteiger partial charge in [0.15, 0.2) is 0 Å². The predicted molar refractivity (Wildman–Crippen MR) is 89.0 cm³/mol. The van der Waals surface area contributed by atoms with Crippen LogP contribution < -0.4 is 5.32 Å². The topological polar surface area (TPSA) is 75.6 Å². The number of amides is 1. The molecule has 0 atom stereocenters. The summed E-state index contributed by atoms with van der Waals surface area (Å²) in [6, 6.07) is 16.2. The maximum Gasteiger partial charge on any atom is 0.411 e. The molecule has 116 valence electrons. The van der Waals surface area contributed by atoms with E-state index in [4.69, 9.17) is 9.84 Å². The first kappa shape index (κ1) is 15.1. The lowest BCUT2D eigenvalue weighted by molar-refractivity contribution is 0.0702. The van der Waals surface area contributed by atoms with Crippen molar-refractivity contribution >= 4 is 39.2 Å². The molecule has 0 spiro atoms. The van der Waals surface area contributed by atoms with Crippen molar-refractivity contribution in [1.29, 1.82) is 0 Å². The Balaban J connectivity index is 1.73. The average molecular weight is 327 g/mol. The Labute approximate surface area is 136 Å². The number of carboxylic acids is 1. The second-order valence-corrected chi connectivity index (χ2v) is 5.88. The molecule has 0 bridgehead atoms. The van der Waals surface area contributed by atoms with Gasteiger partial charge in [-0.2, -0.15) is 0 Å². The smallest absolute Gasteiger partial charge is 0.411 e. The molecule has 0 unspecified atom stereocenters. The Hall–Kier alpha value is -2.86. The molecular formula is C17H13NO4S. The van der Waals surface area contributed by atoms with Crippen LogP contribution in [0.5, 0.6) is 0 Å². The van der Waals surface area contributed by atoms with Crippen LogP contribution >= 0.6 is 11.3 Å². The number of rotatable bonds is 4. The molecule has 2 N–H and O–H groups in total. The normalized spacial score (nSPS) is 10.4. The highest BCUT2D eigenvalue weighted by molar-refractivity contribution is 7.21. The molecule has 0 aliphatic rings. The zero-order valence-electron chi connectivity index (χ0n) is 12.0. The summed E-state index contributed by atoms with van der Waals surface area (Å²) >= 11 is 1.12. The summed E-state index contributed by atoms with van der Waals surface area (Å²) in [7, 11) is 0. The quantitative estimate of drug-likeness (QED) is 0.747. The van der Waals surface area contributed by atoms with Gasteiger partial charge in [-0.25, -0.2) is 9.59 Å². The van der Waals surface area contributed by atoms with E-state index in [9.17, 15) is 9.59 Å². The Kier molecular flexibility index (Phi) is 4.25. The van der Waals surface area contributed by atoms with Crippen LogP contribution in [0.1, 0.15) is 15.2 Å². The average Bonchev–Trinajstić information content (AvgIpc) is 3.00. The van der Waals surface area contributed by atoms with Crippen molar-refractivity contribution in [1.82, 2.24) is 0 Å². The van der Waals surface area contributed by atoms with Crippen LogP contribution in [0.3, 0.4) is 0 Å². The van der Waals surface area contributed by atoms with Crippen LogP contribution in [0.2, 0.25) is 0 Å². The van der Waals surface area contributed by atoms with E-state index >= 15 is 0 Å². The third-order valence-corrected chi connectivity index (χ3v) is 4.38. The maximum atomic E-state index is 11.9. The number of fused-ring (bicyclic) bond motifs is 1. The van der Waals surface area contributed by atoms with Crippen LogP contribution in [0.15, 0.2) is 54.6 Å². The molecule has 0 saturated heterocycles. The van der Waals surface area contributed by atoms with E-state index in [1.165, 1.54) is 0 Å².